The summed E-state index contributed by atoms with van der Waals surface area (Å²) in [6.45, 7) is 3.01. The Morgan fingerprint density at radius 2 is 2.15 bits per heavy atom. The van der Waals surface area contributed by atoms with Gasteiger partial charge < -0.3 is 14.2 Å². The second kappa shape index (κ2) is 8.64. The number of hydrogen-bond donors (Lipinski definition) is 0. The minimum absolute atomic E-state index is 0.0833. The van der Waals surface area contributed by atoms with Crippen LogP contribution in [0.5, 0.6) is 0 Å². The van der Waals surface area contributed by atoms with Gasteiger partial charge in [-0.1, -0.05) is 0 Å². The van der Waals surface area contributed by atoms with Crippen molar-refractivity contribution in [3.8, 4) is 0 Å². The van der Waals surface area contributed by atoms with Crippen molar-refractivity contribution in [2.24, 2.45) is 7.05 Å². The number of aromatic nitrogens is 1. The fourth-order valence-corrected chi connectivity index (χ4v) is 1.96. The van der Waals surface area contributed by atoms with E-state index in [0.29, 0.717) is 37.6 Å². The van der Waals surface area contributed by atoms with Crippen LogP contribution in [0, 0.1) is 0 Å². The fraction of sp³-hybridized carbons (Fsp3) is 0.571. The lowest BCUT2D eigenvalue weighted by atomic mass is 10.2. The first-order valence-electron chi connectivity index (χ1n) is 6.71. The summed E-state index contributed by atoms with van der Waals surface area (Å²) in [7, 11) is 1.86. The molecule has 0 aliphatic rings. The molecule has 0 aliphatic heterocycles. The fourth-order valence-electron chi connectivity index (χ4n) is 1.84. The lowest BCUT2D eigenvalue weighted by molar-refractivity contribution is -0.143. The Hall–Kier alpha value is -1.49. The summed E-state index contributed by atoms with van der Waals surface area (Å²) >= 11 is 5.68. The Kier molecular flexibility index (Phi) is 7.15. The van der Waals surface area contributed by atoms with Crippen molar-refractivity contribution in [2.75, 3.05) is 25.6 Å². The predicted molar refractivity (Wildman–Crippen MR) is 77.9 cm³/mol. The molecule has 0 atom stereocenters. The van der Waals surface area contributed by atoms with Gasteiger partial charge in [0.05, 0.1) is 18.6 Å². The summed E-state index contributed by atoms with van der Waals surface area (Å²) in [5, 5.41) is 0. The highest BCUT2D eigenvalue weighted by molar-refractivity contribution is 6.17. The molecule has 0 bridgehead atoms. The zero-order valence-corrected chi connectivity index (χ0v) is 12.7. The van der Waals surface area contributed by atoms with Gasteiger partial charge in [-0.25, -0.2) is 0 Å². The monoisotopic (exact) mass is 300 g/mol. The van der Waals surface area contributed by atoms with E-state index in [2.05, 4.69) is 0 Å². The van der Waals surface area contributed by atoms with Crippen LogP contribution in [0.15, 0.2) is 18.5 Å². The summed E-state index contributed by atoms with van der Waals surface area (Å²) in [5.74, 6) is 0.113. The van der Waals surface area contributed by atoms with Gasteiger partial charge in [0, 0.05) is 38.4 Å². The van der Waals surface area contributed by atoms with Crippen LogP contribution in [0.2, 0.25) is 0 Å². The number of esters is 1. The Balaban J connectivity index is 2.63. The van der Waals surface area contributed by atoms with Crippen LogP contribution in [0.4, 0.5) is 0 Å². The molecule has 112 valence electrons. The summed E-state index contributed by atoms with van der Waals surface area (Å²) in [6, 6.07) is 1.76. The van der Waals surface area contributed by atoms with Crippen LogP contribution < -0.4 is 0 Å². The van der Waals surface area contributed by atoms with Gasteiger partial charge in [-0.3, -0.25) is 9.59 Å². The van der Waals surface area contributed by atoms with E-state index in [9.17, 15) is 9.59 Å². The second-order valence-electron chi connectivity index (χ2n) is 4.46. The van der Waals surface area contributed by atoms with Gasteiger partial charge in [-0.15, -0.1) is 11.6 Å². The van der Waals surface area contributed by atoms with Gasteiger partial charge in [0.15, 0.2) is 0 Å². The van der Waals surface area contributed by atoms with Crippen molar-refractivity contribution in [3.05, 3.63) is 24.0 Å². The minimum Gasteiger partial charge on any atom is -0.466 e. The molecule has 20 heavy (non-hydrogen) atoms. The molecule has 0 spiro atoms. The van der Waals surface area contributed by atoms with Gasteiger partial charge in [0.25, 0.3) is 5.91 Å². The number of alkyl halides is 1. The quantitative estimate of drug-likeness (QED) is 0.545. The molecular formula is C14H21ClN2O3. The summed E-state index contributed by atoms with van der Waals surface area (Å²) in [5.41, 5.74) is 0.617. The van der Waals surface area contributed by atoms with Gasteiger partial charge >= 0.3 is 5.97 Å². The first-order chi connectivity index (χ1) is 9.58. The van der Waals surface area contributed by atoms with Crippen molar-refractivity contribution >= 4 is 23.5 Å². The number of carbonyl (C=O) groups is 2. The number of halogens is 1. The molecule has 0 aromatic carbocycles. The first kappa shape index (κ1) is 16.6. The molecule has 0 saturated carbocycles. The third-order valence-electron chi connectivity index (χ3n) is 2.82. The van der Waals surface area contributed by atoms with Gasteiger partial charge in [-0.05, 0) is 19.4 Å². The highest BCUT2D eigenvalue weighted by Crippen LogP contribution is 2.08. The van der Waals surface area contributed by atoms with Crippen molar-refractivity contribution in [3.63, 3.8) is 0 Å². The predicted octanol–water partition coefficient (Wildman–Crippen LogP) is 2.05. The highest BCUT2D eigenvalue weighted by Gasteiger charge is 2.17. The maximum absolute atomic E-state index is 12.4. The van der Waals surface area contributed by atoms with Crippen LogP contribution in [-0.4, -0.2) is 46.9 Å². The van der Waals surface area contributed by atoms with E-state index in [1.807, 2.05) is 17.8 Å². The Morgan fingerprint density at radius 3 is 2.70 bits per heavy atom. The van der Waals surface area contributed by atoms with Crippen LogP contribution in [0.25, 0.3) is 0 Å². The molecule has 0 N–H and O–H groups in total. The number of aryl methyl sites for hydroxylation is 1. The number of hydrogen-bond acceptors (Lipinski definition) is 3. The molecule has 1 amide bonds. The van der Waals surface area contributed by atoms with E-state index in [4.69, 9.17) is 16.3 Å². The Bertz CT molecular complexity index is 445. The van der Waals surface area contributed by atoms with Crippen molar-refractivity contribution in [2.45, 2.75) is 19.8 Å². The third-order valence-corrected chi connectivity index (χ3v) is 3.09. The molecule has 1 rings (SSSR count). The van der Waals surface area contributed by atoms with Gasteiger partial charge in [-0.2, -0.15) is 0 Å². The van der Waals surface area contributed by atoms with Crippen LogP contribution in [0.1, 0.15) is 30.1 Å². The van der Waals surface area contributed by atoms with Crippen molar-refractivity contribution in [1.29, 1.82) is 0 Å². The summed E-state index contributed by atoms with van der Waals surface area (Å²) < 4.78 is 6.70. The van der Waals surface area contributed by atoms with Crippen molar-refractivity contribution < 1.29 is 14.3 Å². The van der Waals surface area contributed by atoms with E-state index in [1.165, 1.54) is 0 Å². The zero-order chi connectivity index (χ0) is 15.0. The molecule has 6 heteroatoms. The maximum Gasteiger partial charge on any atom is 0.307 e. The highest BCUT2D eigenvalue weighted by atomic mass is 35.5. The lowest BCUT2D eigenvalue weighted by Crippen LogP contribution is -2.34. The van der Waals surface area contributed by atoms with Crippen LogP contribution in [0.3, 0.4) is 0 Å². The zero-order valence-electron chi connectivity index (χ0n) is 12.0. The number of rotatable bonds is 8. The van der Waals surface area contributed by atoms with E-state index in [0.717, 1.165) is 0 Å². The van der Waals surface area contributed by atoms with Crippen LogP contribution >= 0.6 is 11.6 Å². The molecule has 1 heterocycles. The van der Waals surface area contributed by atoms with E-state index >= 15 is 0 Å². The topological polar surface area (TPSA) is 51.5 Å². The molecule has 1 aromatic heterocycles. The van der Waals surface area contributed by atoms with Crippen LogP contribution in [-0.2, 0) is 16.6 Å². The summed E-state index contributed by atoms with van der Waals surface area (Å²) in [6.07, 6.45) is 4.48. The summed E-state index contributed by atoms with van der Waals surface area (Å²) in [4.78, 5) is 25.4. The number of carbonyl (C=O) groups excluding carboxylic acids is 2. The van der Waals surface area contributed by atoms with E-state index in [-0.39, 0.29) is 18.3 Å². The van der Waals surface area contributed by atoms with Crippen molar-refractivity contribution in [1.82, 2.24) is 9.47 Å². The van der Waals surface area contributed by atoms with E-state index < -0.39 is 0 Å². The SMILES string of the molecule is CCOC(=O)CCN(CCCCl)C(=O)c1ccn(C)c1. The average molecular weight is 301 g/mol. The smallest absolute Gasteiger partial charge is 0.307 e. The molecule has 0 unspecified atom stereocenters. The molecular weight excluding hydrogens is 280 g/mol. The van der Waals surface area contributed by atoms with E-state index in [1.54, 1.807) is 24.1 Å². The maximum atomic E-state index is 12.4. The van der Waals surface area contributed by atoms with Gasteiger partial charge in [0.2, 0.25) is 0 Å². The normalized spacial score (nSPS) is 10.3. The number of amides is 1. The number of nitrogens with zero attached hydrogens (tertiary/aromatic N) is 2. The first-order valence-corrected chi connectivity index (χ1v) is 7.24. The largest absolute Gasteiger partial charge is 0.466 e. The molecule has 5 nitrogen and oxygen atoms in total. The molecule has 0 radical (unpaired) electrons. The lowest BCUT2D eigenvalue weighted by Gasteiger charge is -2.21. The third kappa shape index (κ3) is 5.25. The Labute approximate surface area is 124 Å². The average Bonchev–Trinajstić information content (AvgIpc) is 2.85. The second-order valence-corrected chi connectivity index (χ2v) is 4.83. The molecule has 0 aliphatic carbocycles. The molecule has 0 saturated heterocycles. The standard InChI is InChI=1S/C14H21ClN2O3/c1-3-20-13(18)6-10-17(8-4-7-15)14(19)12-5-9-16(2)11-12/h5,9,11H,3-4,6-8,10H2,1-2H3. The molecule has 1 aromatic rings. The van der Waals surface area contributed by atoms with Gasteiger partial charge in [0.1, 0.15) is 0 Å². The molecule has 0 fully saturated rings. The Morgan fingerprint density at radius 1 is 1.40 bits per heavy atom. The number of ether oxygens (including phenoxy) is 1. The minimum atomic E-state index is -0.288.